The second-order valence-electron chi connectivity index (χ2n) is 9.60. The number of carbonyl (C=O) groups is 2. The zero-order valence-corrected chi connectivity index (χ0v) is 21.5. The second kappa shape index (κ2) is 10.9. The lowest BCUT2D eigenvalue weighted by molar-refractivity contribution is -0.119. The third-order valence-electron chi connectivity index (χ3n) is 6.92. The fraction of sp³-hybridized carbons (Fsp3) is 0.241. The standard InChI is InChI=1S/C29H31N7O2/c1-19(28(30)37)32-29(38)23-5-3-4-21(16-23)25-18-26(34-33-25)22-6-7-27(36-14-12-35(2)13-15-36)24(17-22)20-8-10-31-11-9-20/h3-11,16-19H,12-15H2,1-2H3,(H2,30,37)(H,32,38)(H,33,34)/t19-/m1/s1. The van der Waals surface area contributed by atoms with E-state index in [4.69, 9.17) is 5.73 Å². The van der Waals surface area contributed by atoms with E-state index in [0.29, 0.717) is 11.3 Å². The molecule has 4 aromatic rings. The molecule has 2 amide bonds. The fourth-order valence-corrected chi connectivity index (χ4v) is 4.58. The molecular formula is C29H31N7O2. The summed E-state index contributed by atoms with van der Waals surface area (Å²) in [4.78, 5) is 32.9. The van der Waals surface area contributed by atoms with E-state index in [-0.39, 0.29) is 5.91 Å². The summed E-state index contributed by atoms with van der Waals surface area (Å²) in [5.41, 5.74) is 12.5. The average Bonchev–Trinajstić information content (AvgIpc) is 3.44. The van der Waals surface area contributed by atoms with Gasteiger partial charge in [-0.05, 0) is 62.0 Å². The number of benzene rings is 2. The third kappa shape index (κ3) is 5.42. The predicted molar refractivity (Wildman–Crippen MR) is 149 cm³/mol. The average molecular weight is 510 g/mol. The molecule has 1 saturated heterocycles. The second-order valence-corrected chi connectivity index (χ2v) is 9.60. The SMILES string of the molecule is C[C@@H](NC(=O)c1cccc(-c2cc(-c3ccc(N4CCN(C)CC4)c(-c4ccncc4)c3)[nH]n2)c1)C(N)=O. The summed E-state index contributed by atoms with van der Waals surface area (Å²) in [6.45, 7) is 5.56. The summed E-state index contributed by atoms with van der Waals surface area (Å²) in [6, 6.07) is 18.9. The van der Waals surface area contributed by atoms with E-state index in [2.05, 4.69) is 55.5 Å². The van der Waals surface area contributed by atoms with Gasteiger partial charge in [0.05, 0.1) is 11.4 Å². The molecule has 1 fully saturated rings. The largest absolute Gasteiger partial charge is 0.368 e. The highest BCUT2D eigenvalue weighted by Crippen LogP contribution is 2.35. The van der Waals surface area contributed by atoms with Crippen LogP contribution in [0, 0.1) is 0 Å². The molecule has 38 heavy (non-hydrogen) atoms. The van der Waals surface area contributed by atoms with Crippen LogP contribution in [0.5, 0.6) is 0 Å². The Hall–Kier alpha value is -4.50. The molecule has 5 rings (SSSR count). The molecular weight excluding hydrogens is 478 g/mol. The molecule has 0 bridgehead atoms. The first-order valence-corrected chi connectivity index (χ1v) is 12.6. The van der Waals surface area contributed by atoms with Crippen molar-refractivity contribution in [3.8, 4) is 33.6 Å². The molecule has 0 unspecified atom stereocenters. The van der Waals surface area contributed by atoms with Gasteiger partial charge >= 0.3 is 0 Å². The third-order valence-corrected chi connectivity index (χ3v) is 6.92. The van der Waals surface area contributed by atoms with Gasteiger partial charge in [0, 0.05) is 66.5 Å². The number of nitrogens with zero attached hydrogens (tertiary/aromatic N) is 4. The van der Waals surface area contributed by atoms with Gasteiger partial charge < -0.3 is 20.9 Å². The number of pyridine rings is 1. The molecule has 1 aliphatic rings. The number of nitrogens with one attached hydrogen (secondary N) is 2. The van der Waals surface area contributed by atoms with Gasteiger partial charge in [0.2, 0.25) is 5.91 Å². The number of aromatic nitrogens is 3. The number of carbonyl (C=O) groups excluding carboxylic acids is 2. The van der Waals surface area contributed by atoms with Crippen LogP contribution in [0.15, 0.2) is 73.1 Å². The van der Waals surface area contributed by atoms with Crippen molar-refractivity contribution in [1.82, 2.24) is 25.4 Å². The van der Waals surface area contributed by atoms with Crippen LogP contribution >= 0.6 is 0 Å². The Bertz CT molecular complexity index is 1440. The number of nitrogens with two attached hydrogens (primary N) is 1. The van der Waals surface area contributed by atoms with Crippen molar-refractivity contribution in [3.05, 3.63) is 78.6 Å². The Morgan fingerprint density at radius 1 is 0.947 bits per heavy atom. The highest BCUT2D eigenvalue weighted by molar-refractivity contribution is 5.98. The van der Waals surface area contributed by atoms with Gasteiger partial charge in [-0.15, -0.1) is 0 Å². The fourth-order valence-electron chi connectivity index (χ4n) is 4.58. The molecule has 0 spiro atoms. The van der Waals surface area contributed by atoms with Gasteiger partial charge in [0.1, 0.15) is 6.04 Å². The molecule has 0 radical (unpaired) electrons. The van der Waals surface area contributed by atoms with Gasteiger partial charge in [-0.1, -0.05) is 18.2 Å². The van der Waals surface area contributed by atoms with Crippen molar-refractivity contribution in [2.24, 2.45) is 5.73 Å². The Kier molecular flexibility index (Phi) is 7.19. The molecule has 194 valence electrons. The lowest BCUT2D eigenvalue weighted by atomic mass is 9.98. The first-order chi connectivity index (χ1) is 18.4. The lowest BCUT2D eigenvalue weighted by Crippen LogP contribution is -2.44. The number of anilines is 1. The Morgan fingerprint density at radius 3 is 2.45 bits per heavy atom. The van der Waals surface area contributed by atoms with Gasteiger partial charge in [0.15, 0.2) is 0 Å². The number of hydrogen-bond acceptors (Lipinski definition) is 6. The summed E-state index contributed by atoms with van der Waals surface area (Å²) < 4.78 is 0. The van der Waals surface area contributed by atoms with Crippen LogP contribution in [0.25, 0.3) is 33.6 Å². The van der Waals surface area contributed by atoms with Crippen LogP contribution in [-0.4, -0.2) is 71.2 Å². The predicted octanol–water partition coefficient (Wildman–Crippen LogP) is 3.16. The van der Waals surface area contributed by atoms with Gasteiger partial charge in [0.25, 0.3) is 5.91 Å². The molecule has 0 saturated carbocycles. The van der Waals surface area contributed by atoms with E-state index < -0.39 is 11.9 Å². The minimum atomic E-state index is -0.758. The molecule has 9 nitrogen and oxygen atoms in total. The summed E-state index contributed by atoms with van der Waals surface area (Å²) >= 11 is 0. The van der Waals surface area contributed by atoms with Gasteiger partial charge in [-0.2, -0.15) is 5.10 Å². The highest BCUT2D eigenvalue weighted by atomic mass is 16.2. The lowest BCUT2D eigenvalue weighted by Gasteiger charge is -2.35. The van der Waals surface area contributed by atoms with Crippen LogP contribution in [-0.2, 0) is 4.79 Å². The van der Waals surface area contributed by atoms with E-state index in [0.717, 1.165) is 54.1 Å². The van der Waals surface area contributed by atoms with E-state index in [1.807, 2.05) is 36.7 Å². The first-order valence-electron chi connectivity index (χ1n) is 12.6. The molecule has 3 heterocycles. The van der Waals surface area contributed by atoms with E-state index in [9.17, 15) is 9.59 Å². The van der Waals surface area contributed by atoms with Gasteiger partial charge in [-0.3, -0.25) is 19.7 Å². The number of aromatic amines is 1. The number of hydrogen-bond donors (Lipinski definition) is 3. The normalized spacial score (nSPS) is 14.7. The van der Waals surface area contributed by atoms with Crippen molar-refractivity contribution >= 4 is 17.5 Å². The first kappa shape index (κ1) is 25.2. The van der Waals surface area contributed by atoms with Crippen molar-refractivity contribution < 1.29 is 9.59 Å². The summed E-state index contributed by atoms with van der Waals surface area (Å²) in [6.07, 6.45) is 3.63. The smallest absolute Gasteiger partial charge is 0.251 e. The van der Waals surface area contributed by atoms with Crippen molar-refractivity contribution in [2.75, 3.05) is 38.1 Å². The zero-order valence-electron chi connectivity index (χ0n) is 21.5. The number of primary amides is 1. The maximum absolute atomic E-state index is 12.6. The van der Waals surface area contributed by atoms with Crippen molar-refractivity contribution in [1.29, 1.82) is 0 Å². The maximum Gasteiger partial charge on any atom is 0.251 e. The molecule has 1 atom stereocenters. The number of H-pyrrole nitrogens is 1. The summed E-state index contributed by atoms with van der Waals surface area (Å²) in [5, 5.41) is 10.3. The van der Waals surface area contributed by atoms with E-state index in [1.54, 1.807) is 25.1 Å². The Balaban J connectivity index is 1.44. The van der Waals surface area contributed by atoms with Crippen molar-refractivity contribution in [3.63, 3.8) is 0 Å². The quantitative estimate of drug-likeness (QED) is 0.352. The van der Waals surface area contributed by atoms with Crippen LogP contribution in [0.3, 0.4) is 0 Å². The molecule has 1 aliphatic heterocycles. The summed E-state index contributed by atoms with van der Waals surface area (Å²) in [7, 11) is 2.16. The molecule has 2 aromatic carbocycles. The Labute approximate surface area is 221 Å². The Morgan fingerprint density at radius 2 is 1.71 bits per heavy atom. The summed E-state index contributed by atoms with van der Waals surface area (Å²) in [5.74, 6) is -0.952. The van der Waals surface area contributed by atoms with Gasteiger partial charge in [-0.25, -0.2) is 0 Å². The molecule has 4 N–H and O–H groups in total. The van der Waals surface area contributed by atoms with Crippen molar-refractivity contribution in [2.45, 2.75) is 13.0 Å². The molecule has 9 heteroatoms. The molecule has 0 aliphatic carbocycles. The highest BCUT2D eigenvalue weighted by Gasteiger charge is 2.19. The monoisotopic (exact) mass is 509 g/mol. The van der Waals surface area contributed by atoms with Crippen LogP contribution in [0.1, 0.15) is 17.3 Å². The maximum atomic E-state index is 12.6. The molecule has 2 aromatic heterocycles. The number of likely N-dealkylation sites (N-methyl/N-ethyl adjacent to an activating group) is 1. The van der Waals surface area contributed by atoms with Crippen LogP contribution in [0.2, 0.25) is 0 Å². The number of amides is 2. The van der Waals surface area contributed by atoms with Crippen LogP contribution in [0.4, 0.5) is 5.69 Å². The van der Waals surface area contributed by atoms with E-state index >= 15 is 0 Å². The minimum absolute atomic E-state index is 0.365. The minimum Gasteiger partial charge on any atom is -0.368 e. The number of rotatable bonds is 7. The van der Waals surface area contributed by atoms with E-state index in [1.165, 1.54) is 5.69 Å². The zero-order chi connectivity index (χ0) is 26.6. The number of piperazine rings is 1. The topological polar surface area (TPSA) is 120 Å². The van der Waals surface area contributed by atoms with Crippen LogP contribution < -0.4 is 16.0 Å².